The third-order valence-electron chi connectivity index (χ3n) is 5.25. The Kier molecular flexibility index (Phi) is 5.36. The van der Waals surface area contributed by atoms with E-state index in [0.29, 0.717) is 0 Å². The highest BCUT2D eigenvalue weighted by Crippen LogP contribution is 2.31. The largest absolute Gasteiger partial charge is 0.390 e. The Morgan fingerprint density at radius 2 is 1.83 bits per heavy atom. The monoisotopic (exact) mass is 407 g/mol. The van der Waals surface area contributed by atoms with Crippen molar-refractivity contribution >= 4 is 32.4 Å². The molecular weight excluding hydrogens is 382 g/mol. The Hall–Kier alpha value is -2.74. The second kappa shape index (κ2) is 7.94. The fourth-order valence-corrected chi connectivity index (χ4v) is 4.21. The maximum Gasteiger partial charge on any atom is 0.188 e. The molecule has 0 radical (unpaired) electrons. The van der Waals surface area contributed by atoms with Crippen molar-refractivity contribution < 1.29 is 5.11 Å². The summed E-state index contributed by atoms with van der Waals surface area (Å²) in [4.78, 5) is 11.6. The van der Waals surface area contributed by atoms with Gasteiger partial charge in [0.2, 0.25) is 0 Å². The lowest BCUT2D eigenvalue weighted by Gasteiger charge is -2.19. The topological polar surface area (TPSA) is 66.2 Å². The van der Waals surface area contributed by atoms with Crippen molar-refractivity contribution in [2.75, 3.05) is 19.4 Å². The quantitative estimate of drug-likeness (QED) is 0.491. The first-order valence-corrected chi connectivity index (χ1v) is 10.4. The van der Waals surface area contributed by atoms with E-state index in [-0.39, 0.29) is 12.6 Å². The van der Waals surface area contributed by atoms with Crippen LogP contribution < -0.4 is 5.32 Å². The van der Waals surface area contributed by atoms with Crippen LogP contribution in [0.2, 0.25) is 0 Å². The van der Waals surface area contributed by atoms with Gasteiger partial charge in [-0.15, -0.1) is 0 Å². The van der Waals surface area contributed by atoms with E-state index >= 15 is 0 Å². The van der Waals surface area contributed by atoms with E-state index in [1.165, 1.54) is 0 Å². The van der Waals surface area contributed by atoms with Crippen molar-refractivity contribution in [3.05, 3.63) is 60.0 Å². The van der Waals surface area contributed by atoms with Crippen LogP contribution in [-0.4, -0.2) is 38.6 Å². The molecule has 0 amide bonds. The van der Waals surface area contributed by atoms with Crippen LogP contribution in [0.1, 0.15) is 24.5 Å². The molecule has 150 valence electrons. The minimum atomic E-state index is -0.0509. The van der Waals surface area contributed by atoms with Gasteiger partial charge in [-0.25, -0.2) is 9.97 Å². The summed E-state index contributed by atoms with van der Waals surface area (Å²) in [6, 6.07) is 16.4. The van der Waals surface area contributed by atoms with Crippen molar-refractivity contribution in [2.45, 2.75) is 19.6 Å². The fourth-order valence-electron chi connectivity index (χ4n) is 3.33. The molecule has 2 N–H and O–H groups in total. The standard InChI is InChI=1S/C22H25N5OS/c1-14(26(2)3)21-25-20(18(13-28)27(21)4)15-9-11-16(12-10-15)23-22-24-17-7-5-6-8-19(17)29-22/h5-12,14,28H,13H2,1-4H3,(H,23,24). The molecule has 0 fully saturated rings. The molecule has 7 heteroatoms. The van der Waals surface area contributed by atoms with Gasteiger partial charge in [-0.2, -0.15) is 0 Å². The number of benzene rings is 2. The van der Waals surface area contributed by atoms with Gasteiger partial charge in [0.1, 0.15) is 5.82 Å². The van der Waals surface area contributed by atoms with Gasteiger partial charge in [0.05, 0.1) is 34.3 Å². The van der Waals surface area contributed by atoms with Crippen LogP contribution in [0, 0.1) is 0 Å². The maximum absolute atomic E-state index is 9.92. The highest BCUT2D eigenvalue weighted by atomic mass is 32.1. The van der Waals surface area contributed by atoms with Crippen LogP contribution >= 0.6 is 11.3 Å². The number of hydrogen-bond donors (Lipinski definition) is 2. The number of anilines is 2. The predicted octanol–water partition coefficient (Wildman–Crippen LogP) is 4.56. The molecule has 0 aliphatic carbocycles. The molecule has 2 heterocycles. The lowest BCUT2D eigenvalue weighted by molar-refractivity contribution is 0.268. The summed E-state index contributed by atoms with van der Waals surface area (Å²) in [5.74, 6) is 0.936. The van der Waals surface area contributed by atoms with Gasteiger partial charge in [0.15, 0.2) is 5.13 Å². The van der Waals surface area contributed by atoms with Gasteiger partial charge >= 0.3 is 0 Å². The molecule has 2 aromatic heterocycles. The Bertz CT molecular complexity index is 1100. The number of nitrogens with zero attached hydrogens (tertiary/aromatic N) is 4. The molecule has 2 aromatic carbocycles. The summed E-state index contributed by atoms with van der Waals surface area (Å²) >= 11 is 1.63. The Morgan fingerprint density at radius 1 is 1.10 bits per heavy atom. The molecule has 1 unspecified atom stereocenters. The van der Waals surface area contributed by atoms with Gasteiger partial charge in [-0.1, -0.05) is 35.6 Å². The normalized spacial score (nSPS) is 12.6. The van der Waals surface area contributed by atoms with Gasteiger partial charge in [0, 0.05) is 18.3 Å². The first kappa shape index (κ1) is 19.6. The number of aliphatic hydroxyl groups excluding tert-OH is 1. The van der Waals surface area contributed by atoms with Crippen molar-refractivity contribution in [1.82, 2.24) is 19.4 Å². The number of rotatable bonds is 6. The number of aliphatic hydroxyl groups is 1. The second-order valence-electron chi connectivity index (χ2n) is 7.31. The SMILES string of the molecule is CC(c1nc(-c2ccc(Nc3nc4ccccc4s3)cc2)c(CO)n1C)N(C)C. The van der Waals surface area contributed by atoms with Crippen LogP contribution in [0.3, 0.4) is 0 Å². The number of para-hydroxylation sites is 1. The molecular formula is C22H25N5OS. The lowest BCUT2D eigenvalue weighted by atomic mass is 10.1. The number of thiazole rings is 1. The predicted molar refractivity (Wildman–Crippen MR) is 120 cm³/mol. The van der Waals surface area contributed by atoms with Crippen LogP contribution in [0.4, 0.5) is 10.8 Å². The van der Waals surface area contributed by atoms with E-state index in [9.17, 15) is 5.11 Å². The number of fused-ring (bicyclic) bond motifs is 1. The van der Waals surface area contributed by atoms with Gasteiger partial charge in [-0.05, 0) is 45.3 Å². The molecule has 1 atom stereocenters. The summed E-state index contributed by atoms with van der Waals surface area (Å²) in [6.07, 6.45) is 0. The third-order valence-corrected chi connectivity index (χ3v) is 6.20. The molecule has 0 spiro atoms. The number of nitrogens with one attached hydrogen (secondary N) is 1. The zero-order valence-corrected chi connectivity index (χ0v) is 17.9. The average Bonchev–Trinajstić information content (AvgIpc) is 3.27. The Balaban J connectivity index is 1.61. The summed E-state index contributed by atoms with van der Waals surface area (Å²) in [5.41, 5.74) is 4.60. The van der Waals surface area contributed by atoms with E-state index in [1.807, 2.05) is 68.2 Å². The number of imidazole rings is 1. The van der Waals surface area contributed by atoms with Crippen molar-refractivity contribution in [3.63, 3.8) is 0 Å². The average molecular weight is 408 g/mol. The van der Waals surface area contributed by atoms with Crippen LogP contribution in [0.5, 0.6) is 0 Å². The zero-order valence-electron chi connectivity index (χ0n) is 17.0. The number of aromatic nitrogens is 3. The van der Waals surface area contributed by atoms with Crippen molar-refractivity contribution in [1.29, 1.82) is 0 Å². The fraction of sp³-hybridized carbons (Fsp3) is 0.273. The Morgan fingerprint density at radius 3 is 2.48 bits per heavy atom. The van der Waals surface area contributed by atoms with E-state index in [1.54, 1.807) is 11.3 Å². The molecule has 0 saturated heterocycles. The van der Waals surface area contributed by atoms with Crippen LogP contribution in [-0.2, 0) is 13.7 Å². The van der Waals surface area contributed by atoms with Crippen LogP contribution in [0.25, 0.3) is 21.5 Å². The molecule has 4 rings (SSSR count). The first-order chi connectivity index (χ1) is 14.0. The van der Waals surface area contributed by atoms with E-state index < -0.39 is 0 Å². The van der Waals surface area contributed by atoms with E-state index in [4.69, 9.17) is 4.98 Å². The van der Waals surface area contributed by atoms with Crippen molar-refractivity contribution in [3.8, 4) is 11.3 Å². The Labute approximate surface area is 174 Å². The van der Waals surface area contributed by atoms with E-state index in [0.717, 1.165) is 43.8 Å². The highest BCUT2D eigenvalue weighted by molar-refractivity contribution is 7.22. The van der Waals surface area contributed by atoms with Gasteiger partial charge in [0.25, 0.3) is 0 Å². The van der Waals surface area contributed by atoms with Crippen molar-refractivity contribution in [2.24, 2.45) is 7.05 Å². The minimum Gasteiger partial charge on any atom is -0.390 e. The summed E-state index contributed by atoms with van der Waals surface area (Å²) in [5, 5.41) is 14.2. The third kappa shape index (κ3) is 3.76. The molecule has 0 bridgehead atoms. The first-order valence-electron chi connectivity index (χ1n) is 9.53. The van der Waals surface area contributed by atoms with Gasteiger partial charge in [-0.3, -0.25) is 4.90 Å². The summed E-state index contributed by atoms with van der Waals surface area (Å²) < 4.78 is 3.16. The minimum absolute atomic E-state index is 0.0509. The molecule has 0 aliphatic rings. The maximum atomic E-state index is 9.92. The van der Waals surface area contributed by atoms with E-state index in [2.05, 4.69) is 28.2 Å². The van der Waals surface area contributed by atoms with Gasteiger partial charge < -0.3 is 15.0 Å². The molecule has 29 heavy (non-hydrogen) atoms. The molecule has 0 saturated carbocycles. The molecule has 0 aliphatic heterocycles. The summed E-state index contributed by atoms with van der Waals surface area (Å²) in [6.45, 7) is 2.06. The smallest absolute Gasteiger partial charge is 0.188 e. The van der Waals surface area contributed by atoms with Crippen LogP contribution in [0.15, 0.2) is 48.5 Å². The highest BCUT2D eigenvalue weighted by Gasteiger charge is 2.20. The zero-order chi connectivity index (χ0) is 20.5. The molecule has 4 aromatic rings. The second-order valence-corrected chi connectivity index (χ2v) is 8.34. The number of hydrogen-bond acceptors (Lipinski definition) is 6. The summed E-state index contributed by atoms with van der Waals surface area (Å²) in [7, 11) is 6.01. The molecule has 6 nitrogen and oxygen atoms in total. The lowest BCUT2D eigenvalue weighted by Crippen LogP contribution is -2.20.